The summed E-state index contributed by atoms with van der Waals surface area (Å²) < 4.78 is 22.5. The summed E-state index contributed by atoms with van der Waals surface area (Å²) in [5.74, 6) is 0. The number of hydrogen-bond donors (Lipinski definition) is 0. The Balaban J connectivity index is 2.99. The smallest absolute Gasteiger partial charge is 0.268 e. The first-order valence-electron chi connectivity index (χ1n) is 1.82. The van der Waals surface area contributed by atoms with Crippen molar-refractivity contribution in [1.82, 2.24) is 0 Å². The predicted octanol–water partition coefficient (Wildman–Crippen LogP) is 1.82. The van der Waals surface area contributed by atoms with Crippen LogP contribution in [0, 0.1) is 0 Å². The molecule has 3 heteroatoms. The largest absolute Gasteiger partial charge is 0.479 e. The first-order valence-corrected chi connectivity index (χ1v) is 3.15. The van der Waals surface area contributed by atoms with Gasteiger partial charge >= 0.3 is 9.46 Å². The summed E-state index contributed by atoms with van der Waals surface area (Å²) in [5.41, 5.74) is -0.380. The molecule has 0 nitrogen and oxygen atoms in total. The lowest BCUT2D eigenvalue weighted by molar-refractivity contribution is 0.625. The van der Waals surface area contributed by atoms with Gasteiger partial charge in [-0.3, -0.25) is 8.22 Å². The van der Waals surface area contributed by atoms with Gasteiger partial charge in [0.25, 0.3) is 0 Å². The van der Waals surface area contributed by atoms with Gasteiger partial charge in [0.1, 0.15) is 0 Å². The minimum Gasteiger partial charge on any atom is -0.268 e. The van der Waals surface area contributed by atoms with Crippen molar-refractivity contribution >= 4 is 9.46 Å². The molecule has 0 aromatic heterocycles. The van der Waals surface area contributed by atoms with E-state index in [0.29, 0.717) is 0 Å². The highest BCUT2D eigenvalue weighted by Crippen LogP contribution is 2.07. The molecule has 6 heavy (non-hydrogen) atoms. The third kappa shape index (κ3) is 2.32. The van der Waals surface area contributed by atoms with E-state index in [1.807, 2.05) is 0 Å². The molecule has 0 unspecified atom stereocenters. The first kappa shape index (κ1) is 6.08. The highest BCUT2D eigenvalue weighted by atomic mass is 28.4. The van der Waals surface area contributed by atoms with Gasteiger partial charge in [-0.15, -0.1) is 0 Å². The van der Waals surface area contributed by atoms with E-state index in [2.05, 4.69) is 0 Å². The van der Waals surface area contributed by atoms with E-state index >= 15 is 0 Å². The second kappa shape index (κ2) is 2.29. The van der Waals surface area contributed by atoms with Gasteiger partial charge in [-0.25, -0.2) is 0 Å². The lowest BCUT2D eigenvalue weighted by atomic mass is 10.6. The maximum Gasteiger partial charge on any atom is 0.479 e. The monoisotopic (exact) mass is 109 g/mol. The number of rotatable bonds is 1. The van der Waals surface area contributed by atoms with E-state index in [1.165, 1.54) is 13.8 Å². The zero-order chi connectivity index (χ0) is 5.15. The van der Waals surface area contributed by atoms with E-state index in [1.54, 1.807) is 0 Å². The van der Waals surface area contributed by atoms with Crippen molar-refractivity contribution < 1.29 is 8.22 Å². The highest BCUT2D eigenvalue weighted by molar-refractivity contribution is 6.44. The molecule has 0 aromatic carbocycles. The highest BCUT2D eigenvalue weighted by Gasteiger charge is 2.14. The van der Waals surface area contributed by atoms with Gasteiger partial charge in [0.15, 0.2) is 0 Å². The molecule has 0 saturated heterocycles. The van der Waals surface area contributed by atoms with Crippen molar-refractivity contribution in [3.8, 4) is 0 Å². The van der Waals surface area contributed by atoms with Crippen LogP contribution in [0.15, 0.2) is 0 Å². The zero-order valence-electron chi connectivity index (χ0n) is 3.83. The van der Waals surface area contributed by atoms with Crippen LogP contribution in [0.25, 0.3) is 0 Å². The molecule has 0 atom stereocenters. The fourth-order valence-electron chi connectivity index (χ4n) is 0. The third-order valence-electron chi connectivity index (χ3n) is 0.436. The minimum absolute atomic E-state index is 0.380. The van der Waals surface area contributed by atoms with Crippen LogP contribution in [0.2, 0.25) is 5.54 Å². The number of halogens is 2. The summed E-state index contributed by atoms with van der Waals surface area (Å²) in [6.07, 6.45) is 0. The van der Waals surface area contributed by atoms with Gasteiger partial charge in [0.05, 0.1) is 0 Å². The van der Waals surface area contributed by atoms with Gasteiger partial charge in [-0.1, -0.05) is 13.8 Å². The second-order valence-electron chi connectivity index (χ2n) is 1.44. The van der Waals surface area contributed by atoms with Crippen LogP contribution in [0.1, 0.15) is 13.8 Å². The minimum atomic E-state index is -2.95. The van der Waals surface area contributed by atoms with E-state index in [-0.39, 0.29) is 5.54 Å². The molecule has 0 aliphatic heterocycles. The molecule has 0 spiro atoms. The van der Waals surface area contributed by atoms with Crippen molar-refractivity contribution in [1.29, 1.82) is 0 Å². The topological polar surface area (TPSA) is 0 Å². The second-order valence-corrected chi connectivity index (χ2v) is 3.18. The fourth-order valence-corrected chi connectivity index (χ4v) is 0. The molecule has 0 amide bonds. The summed E-state index contributed by atoms with van der Waals surface area (Å²) in [7, 11) is -2.95. The molecule has 37 valence electrons. The van der Waals surface area contributed by atoms with Crippen molar-refractivity contribution in [3.05, 3.63) is 0 Å². The zero-order valence-corrected chi connectivity index (χ0v) is 4.83. The average Bonchev–Trinajstić information content (AvgIpc) is 1.36. The molecule has 1 radical (unpaired) electrons. The maximum atomic E-state index is 11.3. The van der Waals surface area contributed by atoms with Crippen molar-refractivity contribution in [3.63, 3.8) is 0 Å². The molecule has 0 N–H and O–H groups in total. The van der Waals surface area contributed by atoms with Crippen LogP contribution >= 0.6 is 0 Å². The lowest BCUT2D eigenvalue weighted by Crippen LogP contribution is -1.99. The quantitative estimate of drug-likeness (QED) is 0.356. The molecule has 0 saturated carbocycles. The van der Waals surface area contributed by atoms with Gasteiger partial charge in [0.2, 0.25) is 0 Å². The Bertz CT molecular complexity index is 29.8. The molecular weight excluding hydrogens is 102 g/mol. The van der Waals surface area contributed by atoms with Crippen molar-refractivity contribution in [2.75, 3.05) is 0 Å². The van der Waals surface area contributed by atoms with Gasteiger partial charge in [-0.05, 0) is 0 Å². The summed E-state index contributed by atoms with van der Waals surface area (Å²) >= 11 is 0. The van der Waals surface area contributed by atoms with Crippen LogP contribution in [0.4, 0.5) is 8.22 Å². The van der Waals surface area contributed by atoms with Crippen LogP contribution in [-0.4, -0.2) is 9.46 Å². The SMILES string of the molecule is CC(C)[Si](F)F. The Morgan fingerprint density at radius 2 is 1.50 bits per heavy atom. The first-order chi connectivity index (χ1) is 2.64. The van der Waals surface area contributed by atoms with Gasteiger partial charge < -0.3 is 0 Å². The third-order valence-corrected chi connectivity index (χ3v) is 1.31. The normalized spacial score (nSPS) is 11.0. The van der Waals surface area contributed by atoms with Crippen LogP contribution in [0.5, 0.6) is 0 Å². The van der Waals surface area contributed by atoms with Gasteiger partial charge in [-0.2, -0.15) is 0 Å². The van der Waals surface area contributed by atoms with E-state index in [4.69, 9.17) is 0 Å². The summed E-state index contributed by atoms with van der Waals surface area (Å²) in [5, 5.41) is 0. The van der Waals surface area contributed by atoms with Crippen LogP contribution < -0.4 is 0 Å². The molecule has 0 bridgehead atoms. The summed E-state index contributed by atoms with van der Waals surface area (Å²) in [6, 6.07) is 0. The molecule has 0 aliphatic rings. The standard InChI is InChI=1S/C3H7F2Si/c1-3(2)6(4)5/h3H,1-2H3. The lowest BCUT2D eigenvalue weighted by Gasteiger charge is -1.92. The Morgan fingerprint density at radius 1 is 1.33 bits per heavy atom. The van der Waals surface area contributed by atoms with Crippen LogP contribution in [0.3, 0.4) is 0 Å². The Kier molecular flexibility index (Phi) is 2.31. The molecule has 0 aromatic rings. The molecule has 0 heterocycles. The summed E-state index contributed by atoms with van der Waals surface area (Å²) in [6.45, 7) is 3.07. The van der Waals surface area contributed by atoms with Crippen LogP contribution in [-0.2, 0) is 0 Å². The molecule has 0 fully saturated rings. The molecule has 0 aliphatic carbocycles. The van der Waals surface area contributed by atoms with E-state index < -0.39 is 9.46 Å². The molecule has 0 rings (SSSR count). The number of hydrogen-bond acceptors (Lipinski definition) is 0. The van der Waals surface area contributed by atoms with Crippen molar-refractivity contribution in [2.24, 2.45) is 0 Å². The summed E-state index contributed by atoms with van der Waals surface area (Å²) in [4.78, 5) is 0. The maximum absolute atomic E-state index is 11.3. The van der Waals surface area contributed by atoms with E-state index in [9.17, 15) is 8.22 Å². The predicted molar refractivity (Wildman–Crippen MR) is 23.1 cm³/mol. The Labute approximate surface area is 38.1 Å². The Morgan fingerprint density at radius 3 is 1.50 bits per heavy atom. The average molecular weight is 109 g/mol. The Hall–Kier alpha value is 0.0769. The van der Waals surface area contributed by atoms with Gasteiger partial charge in [0, 0.05) is 5.54 Å². The fraction of sp³-hybridized carbons (Fsp3) is 1.00. The van der Waals surface area contributed by atoms with E-state index in [0.717, 1.165) is 0 Å². The van der Waals surface area contributed by atoms with Crippen molar-refractivity contribution in [2.45, 2.75) is 19.4 Å². The molecular formula is C3H7F2Si.